The first kappa shape index (κ1) is 15.5. The van der Waals surface area contributed by atoms with Crippen molar-refractivity contribution in [3.8, 4) is 0 Å². The third-order valence-electron chi connectivity index (χ3n) is 4.45. The Hall–Kier alpha value is -0.530. The fraction of sp³-hybridized carbons (Fsp3) is 0.938. The minimum absolute atomic E-state index is 0.412. The minimum atomic E-state index is -0.600. The highest BCUT2D eigenvalue weighted by Gasteiger charge is 2.48. The SMILES string of the molecule is CCCCCCC1C(CCCCC)C1CC(=O)O. The smallest absolute Gasteiger partial charge is 0.303 e. The Kier molecular flexibility index (Phi) is 7.38. The predicted octanol–water partition coefficient (Wildman–Crippen LogP) is 4.87. The van der Waals surface area contributed by atoms with Crippen molar-refractivity contribution in [3.05, 3.63) is 0 Å². The molecular weight excluding hydrogens is 224 g/mol. The van der Waals surface area contributed by atoms with Crippen LogP contribution in [-0.4, -0.2) is 11.1 Å². The van der Waals surface area contributed by atoms with E-state index in [4.69, 9.17) is 5.11 Å². The number of carboxylic acids is 1. The quantitative estimate of drug-likeness (QED) is 0.534. The molecule has 1 aliphatic rings. The summed E-state index contributed by atoms with van der Waals surface area (Å²) in [6.07, 6.45) is 12.1. The van der Waals surface area contributed by atoms with Gasteiger partial charge >= 0.3 is 5.97 Å². The van der Waals surface area contributed by atoms with Gasteiger partial charge in [0.05, 0.1) is 0 Å². The maximum absolute atomic E-state index is 10.8. The van der Waals surface area contributed by atoms with Crippen LogP contribution in [0.4, 0.5) is 0 Å². The van der Waals surface area contributed by atoms with Crippen LogP contribution in [0.1, 0.15) is 78.1 Å². The van der Waals surface area contributed by atoms with Crippen molar-refractivity contribution in [1.82, 2.24) is 0 Å². The summed E-state index contributed by atoms with van der Waals surface area (Å²) in [5.74, 6) is 1.36. The van der Waals surface area contributed by atoms with Crippen LogP contribution in [0.3, 0.4) is 0 Å². The second-order valence-electron chi connectivity index (χ2n) is 5.93. The molecule has 106 valence electrons. The Morgan fingerprint density at radius 1 is 0.833 bits per heavy atom. The van der Waals surface area contributed by atoms with Gasteiger partial charge in [-0.3, -0.25) is 4.79 Å². The van der Waals surface area contributed by atoms with Gasteiger partial charge in [-0.15, -0.1) is 0 Å². The van der Waals surface area contributed by atoms with E-state index in [1.165, 1.54) is 57.8 Å². The zero-order valence-corrected chi connectivity index (χ0v) is 12.2. The van der Waals surface area contributed by atoms with Gasteiger partial charge in [0.2, 0.25) is 0 Å². The maximum Gasteiger partial charge on any atom is 0.303 e. The molecule has 0 radical (unpaired) electrons. The average molecular weight is 254 g/mol. The summed E-state index contributed by atoms with van der Waals surface area (Å²) in [4.78, 5) is 10.8. The molecule has 1 rings (SSSR count). The van der Waals surface area contributed by atoms with Crippen LogP contribution in [0.5, 0.6) is 0 Å². The van der Waals surface area contributed by atoms with Crippen LogP contribution in [0.25, 0.3) is 0 Å². The molecule has 0 aromatic heterocycles. The predicted molar refractivity (Wildman–Crippen MR) is 75.6 cm³/mol. The first-order valence-electron chi connectivity index (χ1n) is 7.92. The third-order valence-corrected chi connectivity index (χ3v) is 4.45. The molecule has 1 aliphatic carbocycles. The topological polar surface area (TPSA) is 37.3 Å². The Morgan fingerprint density at radius 2 is 1.33 bits per heavy atom. The molecule has 0 amide bonds. The highest BCUT2D eigenvalue weighted by Crippen LogP contribution is 2.54. The highest BCUT2D eigenvalue weighted by atomic mass is 16.4. The third kappa shape index (κ3) is 5.41. The van der Waals surface area contributed by atoms with Gasteiger partial charge in [0.15, 0.2) is 0 Å². The van der Waals surface area contributed by atoms with Crippen LogP contribution >= 0.6 is 0 Å². The zero-order valence-electron chi connectivity index (χ0n) is 12.2. The summed E-state index contributed by atoms with van der Waals surface area (Å²) in [6.45, 7) is 4.46. The average Bonchev–Trinajstić information content (AvgIpc) is 2.96. The van der Waals surface area contributed by atoms with E-state index in [9.17, 15) is 4.79 Å². The molecule has 0 aromatic carbocycles. The van der Waals surface area contributed by atoms with Gasteiger partial charge in [-0.1, -0.05) is 58.8 Å². The molecule has 3 unspecified atom stereocenters. The molecule has 3 atom stereocenters. The van der Waals surface area contributed by atoms with Gasteiger partial charge in [0.1, 0.15) is 0 Å². The molecule has 2 heteroatoms. The van der Waals surface area contributed by atoms with Crippen molar-refractivity contribution < 1.29 is 9.90 Å². The second kappa shape index (κ2) is 8.55. The zero-order chi connectivity index (χ0) is 13.4. The standard InChI is InChI=1S/C16H30O2/c1-3-5-7-9-11-14-13(10-8-6-4-2)15(14)12-16(17)18/h13-15H,3-12H2,1-2H3,(H,17,18). The van der Waals surface area contributed by atoms with Crippen LogP contribution < -0.4 is 0 Å². The number of carbonyl (C=O) groups is 1. The minimum Gasteiger partial charge on any atom is -0.481 e. The molecule has 1 fully saturated rings. The van der Waals surface area contributed by atoms with Crippen LogP contribution in [-0.2, 0) is 4.79 Å². The summed E-state index contributed by atoms with van der Waals surface area (Å²) in [5.41, 5.74) is 0. The maximum atomic E-state index is 10.8. The largest absolute Gasteiger partial charge is 0.481 e. The summed E-state index contributed by atoms with van der Waals surface area (Å²) >= 11 is 0. The number of rotatable bonds is 11. The molecule has 1 saturated carbocycles. The van der Waals surface area contributed by atoms with Crippen molar-refractivity contribution >= 4 is 5.97 Å². The first-order valence-corrected chi connectivity index (χ1v) is 7.92. The molecule has 2 nitrogen and oxygen atoms in total. The molecule has 0 bridgehead atoms. The van der Waals surface area contributed by atoms with Gasteiger partial charge in [-0.05, 0) is 30.6 Å². The van der Waals surface area contributed by atoms with E-state index in [0.717, 1.165) is 11.8 Å². The van der Waals surface area contributed by atoms with E-state index in [2.05, 4.69) is 13.8 Å². The lowest BCUT2D eigenvalue weighted by atomic mass is 10.1. The Labute approximate surface area is 112 Å². The number of unbranched alkanes of at least 4 members (excludes halogenated alkanes) is 5. The van der Waals surface area contributed by atoms with Gasteiger partial charge in [0, 0.05) is 6.42 Å². The molecule has 0 spiro atoms. The summed E-state index contributed by atoms with van der Waals surface area (Å²) in [6, 6.07) is 0. The van der Waals surface area contributed by atoms with Crippen molar-refractivity contribution in [2.24, 2.45) is 17.8 Å². The number of hydrogen-bond donors (Lipinski definition) is 1. The lowest BCUT2D eigenvalue weighted by molar-refractivity contribution is -0.137. The fourth-order valence-corrected chi connectivity index (χ4v) is 3.32. The molecule has 0 aliphatic heterocycles. The van der Waals surface area contributed by atoms with Crippen molar-refractivity contribution in [3.63, 3.8) is 0 Å². The Balaban J connectivity index is 2.22. The molecule has 18 heavy (non-hydrogen) atoms. The van der Waals surface area contributed by atoms with Gasteiger partial charge < -0.3 is 5.11 Å². The van der Waals surface area contributed by atoms with Gasteiger partial charge in [-0.2, -0.15) is 0 Å². The van der Waals surface area contributed by atoms with Crippen molar-refractivity contribution in [1.29, 1.82) is 0 Å². The normalized spacial score (nSPS) is 26.2. The number of aliphatic carboxylic acids is 1. The van der Waals surface area contributed by atoms with Crippen LogP contribution in [0.15, 0.2) is 0 Å². The van der Waals surface area contributed by atoms with Crippen molar-refractivity contribution in [2.75, 3.05) is 0 Å². The van der Waals surface area contributed by atoms with Gasteiger partial charge in [-0.25, -0.2) is 0 Å². The van der Waals surface area contributed by atoms with E-state index in [0.29, 0.717) is 12.3 Å². The first-order chi connectivity index (χ1) is 8.70. The van der Waals surface area contributed by atoms with E-state index in [1.807, 2.05) is 0 Å². The molecule has 0 saturated heterocycles. The number of hydrogen-bond acceptors (Lipinski definition) is 1. The second-order valence-corrected chi connectivity index (χ2v) is 5.93. The Morgan fingerprint density at radius 3 is 1.83 bits per heavy atom. The molecule has 1 N–H and O–H groups in total. The highest BCUT2D eigenvalue weighted by molar-refractivity contribution is 5.67. The summed E-state index contributed by atoms with van der Waals surface area (Å²) in [5, 5.41) is 8.94. The molecule has 0 aromatic rings. The van der Waals surface area contributed by atoms with E-state index in [-0.39, 0.29) is 0 Å². The monoisotopic (exact) mass is 254 g/mol. The fourth-order valence-electron chi connectivity index (χ4n) is 3.32. The summed E-state index contributed by atoms with van der Waals surface area (Å²) < 4.78 is 0. The lowest BCUT2D eigenvalue weighted by Crippen LogP contribution is -1.97. The number of carboxylic acid groups (broad SMARTS) is 1. The lowest BCUT2D eigenvalue weighted by Gasteiger charge is -2.00. The van der Waals surface area contributed by atoms with Crippen LogP contribution in [0, 0.1) is 17.8 Å². The van der Waals surface area contributed by atoms with E-state index < -0.39 is 5.97 Å². The molecular formula is C16H30O2. The van der Waals surface area contributed by atoms with E-state index >= 15 is 0 Å². The molecule has 0 heterocycles. The summed E-state index contributed by atoms with van der Waals surface area (Å²) in [7, 11) is 0. The Bertz CT molecular complexity index is 237. The van der Waals surface area contributed by atoms with Gasteiger partial charge in [0.25, 0.3) is 0 Å². The van der Waals surface area contributed by atoms with Crippen LogP contribution in [0.2, 0.25) is 0 Å². The van der Waals surface area contributed by atoms with E-state index in [1.54, 1.807) is 0 Å². The van der Waals surface area contributed by atoms with Crippen molar-refractivity contribution in [2.45, 2.75) is 78.1 Å².